The molecule has 0 radical (unpaired) electrons. The highest BCUT2D eigenvalue weighted by atomic mass is 35.5. The summed E-state index contributed by atoms with van der Waals surface area (Å²) in [5, 5.41) is 0.592. The molecule has 0 aliphatic rings. The third-order valence-electron chi connectivity index (χ3n) is 1.71. The number of methoxy groups -OCH3 is 1. The first kappa shape index (κ1) is 12.1. The predicted molar refractivity (Wildman–Crippen MR) is 59.0 cm³/mol. The predicted octanol–water partition coefficient (Wildman–Crippen LogP) is 3.18. The van der Waals surface area contributed by atoms with Gasteiger partial charge in [-0.15, -0.1) is 0 Å². The molecule has 82 valence electrons. The molecule has 0 saturated carbocycles. The van der Waals surface area contributed by atoms with Crippen molar-refractivity contribution in [1.29, 1.82) is 0 Å². The van der Waals surface area contributed by atoms with Gasteiger partial charge in [-0.25, -0.2) is 4.79 Å². The second-order valence-electron chi connectivity index (χ2n) is 2.69. The Kier molecular flexibility index (Phi) is 4.24. The van der Waals surface area contributed by atoms with Gasteiger partial charge in [0.15, 0.2) is 5.75 Å². The highest BCUT2D eigenvalue weighted by Gasteiger charge is 2.13. The van der Waals surface area contributed by atoms with E-state index in [4.69, 9.17) is 27.9 Å². The van der Waals surface area contributed by atoms with E-state index in [0.717, 1.165) is 0 Å². The van der Waals surface area contributed by atoms with E-state index in [0.29, 0.717) is 28.0 Å². The number of hydrogen-bond donors (Lipinski definition) is 0. The number of hydrogen-bond acceptors (Lipinski definition) is 3. The number of carbonyl (C=O) groups is 1. The van der Waals surface area contributed by atoms with Crippen molar-refractivity contribution in [3.63, 3.8) is 0 Å². The van der Waals surface area contributed by atoms with Crippen molar-refractivity contribution in [3.8, 4) is 5.75 Å². The zero-order chi connectivity index (χ0) is 11.4. The monoisotopic (exact) mass is 248 g/mol. The molecular weight excluding hydrogens is 239 g/mol. The SMILES string of the molecule is CCOc1c(Cl)cc(C(=O)OC)cc1Cl. The first-order valence-electron chi connectivity index (χ1n) is 4.30. The van der Waals surface area contributed by atoms with Crippen LogP contribution >= 0.6 is 23.2 Å². The summed E-state index contributed by atoms with van der Waals surface area (Å²) in [5.74, 6) is -0.102. The maximum Gasteiger partial charge on any atom is 0.337 e. The summed E-state index contributed by atoms with van der Waals surface area (Å²) in [6, 6.07) is 2.93. The first-order chi connectivity index (χ1) is 7.10. The van der Waals surface area contributed by atoms with Crippen LogP contribution in [0.25, 0.3) is 0 Å². The summed E-state index contributed by atoms with van der Waals surface area (Å²) >= 11 is 11.8. The summed E-state index contributed by atoms with van der Waals surface area (Å²) in [7, 11) is 1.29. The molecule has 5 heteroatoms. The molecule has 1 aromatic rings. The second-order valence-corrected chi connectivity index (χ2v) is 3.51. The summed E-state index contributed by atoms with van der Waals surface area (Å²) in [4.78, 5) is 11.2. The van der Waals surface area contributed by atoms with Gasteiger partial charge in [-0.2, -0.15) is 0 Å². The molecule has 0 N–H and O–H groups in total. The van der Waals surface area contributed by atoms with Crippen LogP contribution in [0.3, 0.4) is 0 Å². The Hall–Kier alpha value is -0.930. The van der Waals surface area contributed by atoms with Crippen molar-refractivity contribution >= 4 is 29.2 Å². The van der Waals surface area contributed by atoms with E-state index in [-0.39, 0.29) is 0 Å². The van der Waals surface area contributed by atoms with Crippen LogP contribution in [0.1, 0.15) is 17.3 Å². The van der Waals surface area contributed by atoms with E-state index in [2.05, 4.69) is 4.74 Å². The third kappa shape index (κ3) is 2.76. The lowest BCUT2D eigenvalue weighted by Crippen LogP contribution is -2.02. The third-order valence-corrected chi connectivity index (χ3v) is 2.27. The first-order valence-corrected chi connectivity index (χ1v) is 5.05. The fraction of sp³-hybridized carbons (Fsp3) is 0.300. The van der Waals surface area contributed by atoms with Crippen LogP contribution in [0.15, 0.2) is 12.1 Å². The number of rotatable bonds is 3. The fourth-order valence-electron chi connectivity index (χ4n) is 1.08. The topological polar surface area (TPSA) is 35.5 Å². The van der Waals surface area contributed by atoms with Gasteiger partial charge in [0, 0.05) is 0 Å². The highest BCUT2D eigenvalue weighted by molar-refractivity contribution is 6.37. The average molecular weight is 249 g/mol. The molecule has 0 fully saturated rings. The van der Waals surface area contributed by atoms with E-state index < -0.39 is 5.97 Å². The summed E-state index contributed by atoms with van der Waals surface area (Å²) in [6.07, 6.45) is 0. The Morgan fingerprint density at radius 2 is 1.87 bits per heavy atom. The van der Waals surface area contributed by atoms with Crippen LogP contribution < -0.4 is 4.74 Å². The maximum atomic E-state index is 11.2. The Labute approximate surface area is 97.9 Å². The Morgan fingerprint density at radius 1 is 1.33 bits per heavy atom. The van der Waals surface area contributed by atoms with Gasteiger partial charge in [-0.3, -0.25) is 0 Å². The molecule has 0 unspecified atom stereocenters. The number of ether oxygens (including phenoxy) is 2. The van der Waals surface area contributed by atoms with Gasteiger partial charge >= 0.3 is 5.97 Å². The van der Waals surface area contributed by atoms with Gasteiger partial charge < -0.3 is 9.47 Å². The van der Waals surface area contributed by atoms with Gasteiger partial charge in [-0.05, 0) is 19.1 Å². The Morgan fingerprint density at radius 3 is 2.27 bits per heavy atom. The molecule has 0 aliphatic heterocycles. The standard InChI is InChI=1S/C10H10Cl2O3/c1-3-15-9-7(11)4-6(5-8(9)12)10(13)14-2/h4-5H,3H2,1-2H3. The molecule has 3 nitrogen and oxygen atoms in total. The molecule has 15 heavy (non-hydrogen) atoms. The summed E-state index contributed by atoms with van der Waals surface area (Å²) in [6.45, 7) is 2.28. The van der Waals surface area contributed by atoms with E-state index in [1.54, 1.807) is 0 Å². The molecule has 0 heterocycles. The number of benzene rings is 1. The summed E-state index contributed by atoms with van der Waals surface area (Å²) in [5.41, 5.74) is 0.302. The number of esters is 1. The van der Waals surface area contributed by atoms with Crippen LogP contribution in [0.5, 0.6) is 5.75 Å². The molecule has 0 amide bonds. The van der Waals surface area contributed by atoms with Gasteiger partial charge in [-0.1, -0.05) is 23.2 Å². The zero-order valence-corrected chi connectivity index (χ0v) is 9.85. The Bertz CT molecular complexity index is 354. The minimum absolute atomic E-state index is 0.296. The van der Waals surface area contributed by atoms with Gasteiger partial charge in [0.25, 0.3) is 0 Å². The van der Waals surface area contributed by atoms with Crippen molar-refractivity contribution in [1.82, 2.24) is 0 Å². The van der Waals surface area contributed by atoms with Gasteiger partial charge in [0.05, 0.1) is 29.3 Å². The fourth-order valence-corrected chi connectivity index (χ4v) is 1.67. The molecule has 1 aromatic carbocycles. The highest BCUT2D eigenvalue weighted by Crippen LogP contribution is 2.34. The molecule has 0 spiro atoms. The van der Waals surface area contributed by atoms with Gasteiger partial charge in [0.1, 0.15) is 0 Å². The summed E-state index contributed by atoms with van der Waals surface area (Å²) < 4.78 is 9.77. The largest absolute Gasteiger partial charge is 0.491 e. The van der Waals surface area contributed by atoms with Crippen molar-refractivity contribution in [2.24, 2.45) is 0 Å². The van der Waals surface area contributed by atoms with E-state index >= 15 is 0 Å². The number of carbonyl (C=O) groups excluding carboxylic acids is 1. The van der Waals surface area contributed by atoms with Crippen molar-refractivity contribution < 1.29 is 14.3 Å². The van der Waals surface area contributed by atoms with Gasteiger partial charge in [0.2, 0.25) is 0 Å². The lowest BCUT2D eigenvalue weighted by molar-refractivity contribution is 0.0600. The molecular formula is C10H10Cl2O3. The zero-order valence-electron chi connectivity index (χ0n) is 8.34. The lowest BCUT2D eigenvalue weighted by atomic mass is 10.2. The molecule has 0 aliphatic carbocycles. The van der Waals surface area contributed by atoms with Crippen molar-refractivity contribution in [2.45, 2.75) is 6.92 Å². The van der Waals surface area contributed by atoms with Crippen LogP contribution in [0, 0.1) is 0 Å². The quantitative estimate of drug-likeness (QED) is 0.771. The van der Waals surface area contributed by atoms with Crippen LogP contribution in [0.2, 0.25) is 10.0 Å². The van der Waals surface area contributed by atoms with Crippen molar-refractivity contribution in [2.75, 3.05) is 13.7 Å². The minimum atomic E-state index is -0.484. The Balaban J connectivity index is 3.13. The average Bonchev–Trinajstić information content (AvgIpc) is 2.22. The van der Waals surface area contributed by atoms with E-state index in [9.17, 15) is 4.79 Å². The molecule has 0 aromatic heterocycles. The lowest BCUT2D eigenvalue weighted by Gasteiger charge is -2.09. The molecule has 0 atom stereocenters. The smallest absolute Gasteiger partial charge is 0.337 e. The molecule has 1 rings (SSSR count). The molecule has 0 saturated heterocycles. The van der Waals surface area contributed by atoms with Crippen LogP contribution in [0.4, 0.5) is 0 Å². The second kappa shape index (κ2) is 5.24. The normalized spacial score (nSPS) is 9.87. The maximum absolute atomic E-state index is 11.2. The van der Waals surface area contributed by atoms with Crippen LogP contribution in [-0.4, -0.2) is 19.7 Å². The van der Waals surface area contributed by atoms with E-state index in [1.165, 1.54) is 19.2 Å². The number of halogens is 2. The van der Waals surface area contributed by atoms with Crippen molar-refractivity contribution in [3.05, 3.63) is 27.7 Å². The van der Waals surface area contributed by atoms with E-state index in [1.807, 2.05) is 6.92 Å². The van der Waals surface area contributed by atoms with Crippen LogP contribution in [-0.2, 0) is 4.74 Å². The molecule has 0 bridgehead atoms. The minimum Gasteiger partial charge on any atom is -0.491 e.